The summed E-state index contributed by atoms with van der Waals surface area (Å²) in [6, 6.07) is 6.69. The van der Waals surface area contributed by atoms with Crippen molar-refractivity contribution in [1.29, 1.82) is 0 Å². The number of aryl methyl sites for hydroxylation is 2. The summed E-state index contributed by atoms with van der Waals surface area (Å²) in [6.45, 7) is 3.89. The SMILES string of the molecule is CCCc1nc(S(=O)(=O)c2ccc(C)cc2)c(NC)o1. The van der Waals surface area contributed by atoms with Crippen LogP contribution >= 0.6 is 0 Å². The van der Waals surface area contributed by atoms with Crippen LogP contribution in [0.4, 0.5) is 5.88 Å². The third kappa shape index (κ3) is 2.70. The molecule has 108 valence electrons. The van der Waals surface area contributed by atoms with Crippen LogP contribution in [-0.2, 0) is 16.3 Å². The van der Waals surface area contributed by atoms with Crippen molar-refractivity contribution in [1.82, 2.24) is 4.98 Å². The van der Waals surface area contributed by atoms with E-state index in [0.717, 1.165) is 12.0 Å². The standard InChI is InChI=1S/C14H18N2O3S/c1-4-5-12-16-14(13(15-3)19-12)20(17,18)11-8-6-10(2)7-9-11/h6-9,15H,4-5H2,1-3H3. The molecule has 0 amide bonds. The summed E-state index contributed by atoms with van der Waals surface area (Å²) in [4.78, 5) is 4.34. The second kappa shape index (κ2) is 5.66. The summed E-state index contributed by atoms with van der Waals surface area (Å²) < 4.78 is 30.6. The van der Waals surface area contributed by atoms with E-state index < -0.39 is 9.84 Å². The smallest absolute Gasteiger partial charge is 0.233 e. The minimum absolute atomic E-state index is 0.0488. The van der Waals surface area contributed by atoms with Crippen LogP contribution < -0.4 is 5.32 Å². The van der Waals surface area contributed by atoms with Gasteiger partial charge in [0.2, 0.25) is 20.7 Å². The van der Waals surface area contributed by atoms with Crippen molar-refractivity contribution in [2.45, 2.75) is 36.6 Å². The number of nitrogens with one attached hydrogen (secondary N) is 1. The molecule has 0 fully saturated rings. The highest BCUT2D eigenvalue weighted by Gasteiger charge is 2.27. The quantitative estimate of drug-likeness (QED) is 0.918. The van der Waals surface area contributed by atoms with E-state index in [1.807, 2.05) is 13.8 Å². The Morgan fingerprint density at radius 2 is 1.90 bits per heavy atom. The Bertz CT molecular complexity index is 688. The average Bonchev–Trinajstić information content (AvgIpc) is 2.83. The lowest BCUT2D eigenvalue weighted by molar-refractivity contribution is 0.503. The highest BCUT2D eigenvalue weighted by Crippen LogP contribution is 2.28. The van der Waals surface area contributed by atoms with E-state index in [-0.39, 0.29) is 15.8 Å². The molecule has 1 aromatic carbocycles. The minimum Gasteiger partial charge on any atom is -0.424 e. The highest BCUT2D eigenvalue weighted by atomic mass is 32.2. The number of anilines is 1. The topological polar surface area (TPSA) is 72.2 Å². The first-order valence-electron chi connectivity index (χ1n) is 6.48. The molecule has 1 heterocycles. The fraction of sp³-hybridized carbons (Fsp3) is 0.357. The number of nitrogens with zero attached hydrogens (tertiary/aromatic N) is 1. The number of benzene rings is 1. The molecular weight excluding hydrogens is 276 g/mol. The molecule has 0 bridgehead atoms. The molecule has 5 nitrogen and oxygen atoms in total. The molecule has 20 heavy (non-hydrogen) atoms. The summed E-state index contributed by atoms with van der Waals surface area (Å²) in [5.74, 6) is 0.622. The van der Waals surface area contributed by atoms with Crippen LogP contribution in [-0.4, -0.2) is 20.4 Å². The molecule has 0 radical (unpaired) electrons. The summed E-state index contributed by atoms with van der Waals surface area (Å²) in [7, 11) is -2.05. The van der Waals surface area contributed by atoms with Crippen LogP contribution in [0.2, 0.25) is 0 Å². The Labute approximate surface area is 119 Å². The van der Waals surface area contributed by atoms with Crippen molar-refractivity contribution in [2.75, 3.05) is 12.4 Å². The van der Waals surface area contributed by atoms with Gasteiger partial charge in [0.15, 0.2) is 5.89 Å². The van der Waals surface area contributed by atoms with E-state index in [1.165, 1.54) is 0 Å². The number of rotatable bonds is 5. The Morgan fingerprint density at radius 3 is 2.45 bits per heavy atom. The van der Waals surface area contributed by atoms with Crippen molar-refractivity contribution >= 4 is 15.7 Å². The third-order valence-electron chi connectivity index (χ3n) is 2.92. The zero-order chi connectivity index (χ0) is 14.8. The molecule has 0 aliphatic carbocycles. The molecule has 0 saturated heterocycles. The zero-order valence-electron chi connectivity index (χ0n) is 11.8. The van der Waals surface area contributed by atoms with Gasteiger partial charge in [-0.15, -0.1) is 0 Å². The lowest BCUT2D eigenvalue weighted by Crippen LogP contribution is -2.05. The third-order valence-corrected chi connectivity index (χ3v) is 4.60. The number of hydrogen-bond acceptors (Lipinski definition) is 5. The normalized spacial score (nSPS) is 11.6. The Morgan fingerprint density at radius 1 is 1.25 bits per heavy atom. The van der Waals surface area contributed by atoms with Gasteiger partial charge in [-0.3, -0.25) is 0 Å². The van der Waals surface area contributed by atoms with E-state index in [9.17, 15) is 8.42 Å². The second-order valence-corrected chi connectivity index (χ2v) is 6.42. The monoisotopic (exact) mass is 294 g/mol. The van der Waals surface area contributed by atoms with Gasteiger partial charge >= 0.3 is 0 Å². The molecule has 1 N–H and O–H groups in total. The van der Waals surface area contributed by atoms with E-state index in [4.69, 9.17) is 4.42 Å². The van der Waals surface area contributed by atoms with E-state index in [2.05, 4.69) is 10.3 Å². The Kier molecular flexibility index (Phi) is 4.13. The van der Waals surface area contributed by atoms with E-state index >= 15 is 0 Å². The van der Waals surface area contributed by atoms with E-state index in [1.54, 1.807) is 31.3 Å². The number of hydrogen-bond donors (Lipinski definition) is 1. The molecule has 1 aromatic heterocycles. The van der Waals surface area contributed by atoms with Crippen molar-refractivity contribution in [2.24, 2.45) is 0 Å². The van der Waals surface area contributed by atoms with Gasteiger partial charge in [0, 0.05) is 13.5 Å². The second-order valence-electron chi connectivity index (χ2n) is 4.56. The van der Waals surface area contributed by atoms with Gasteiger partial charge in [-0.2, -0.15) is 4.98 Å². The first-order valence-corrected chi connectivity index (χ1v) is 7.96. The zero-order valence-corrected chi connectivity index (χ0v) is 12.6. The lowest BCUT2D eigenvalue weighted by atomic mass is 10.2. The maximum Gasteiger partial charge on any atom is 0.233 e. The summed E-state index contributed by atoms with van der Waals surface area (Å²) in [6.07, 6.45) is 1.45. The fourth-order valence-corrected chi connectivity index (χ4v) is 3.17. The van der Waals surface area contributed by atoms with Gasteiger partial charge in [0.25, 0.3) is 0 Å². The van der Waals surface area contributed by atoms with Gasteiger partial charge < -0.3 is 9.73 Å². The number of aromatic nitrogens is 1. The van der Waals surface area contributed by atoms with Gasteiger partial charge in [-0.1, -0.05) is 24.6 Å². The van der Waals surface area contributed by atoms with Crippen LogP contribution in [0.3, 0.4) is 0 Å². The van der Waals surface area contributed by atoms with Crippen molar-refractivity contribution in [3.63, 3.8) is 0 Å². The first-order chi connectivity index (χ1) is 9.48. The van der Waals surface area contributed by atoms with Gasteiger partial charge in [0.1, 0.15) is 0 Å². The van der Waals surface area contributed by atoms with Crippen molar-refractivity contribution < 1.29 is 12.8 Å². The fourth-order valence-electron chi connectivity index (χ4n) is 1.84. The maximum atomic E-state index is 12.6. The molecule has 6 heteroatoms. The number of oxazole rings is 1. The molecule has 0 unspecified atom stereocenters. The van der Waals surface area contributed by atoms with Crippen LogP contribution in [0, 0.1) is 6.92 Å². The van der Waals surface area contributed by atoms with Crippen molar-refractivity contribution in [3.05, 3.63) is 35.7 Å². The average molecular weight is 294 g/mol. The molecule has 2 aromatic rings. The van der Waals surface area contributed by atoms with E-state index in [0.29, 0.717) is 12.3 Å². The van der Waals surface area contributed by atoms with Crippen LogP contribution in [0.15, 0.2) is 38.6 Å². The molecule has 0 saturated carbocycles. The predicted molar refractivity (Wildman–Crippen MR) is 76.7 cm³/mol. The number of sulfone groups is 1. The highest BCUT2D eigenvalue weighted by molar-refractivity contribution is 7.91. The Balaban J connectivity index is 2.50. The van der Waals surface area contributed by atoms with Gasteiger partial charge in [0.05, 0.1) is 4.90 Å². The molecule has 2 rings (SSSR count). The van der Waals surface area contributed by atoms with Crippen LogP contribution in [0.5, 0.6) is 0 Å². The summed E-state index contributed by atoms with van der Waals surface area (Å²) in [5, 5.41) is 2.70. The molecular formula is C14H18N2O3S. The van der Waals surface area contributed by atoms with Crippen LogP contribution in [0.1, 0.15) is 24.8 Å². The molecule has 0 aliphatic heterocycles. The van der Waals surface area contributed by atoms with Crippen molar-refractivity contribution in [3.8, 4) is 0 Å². The first kappa shape index (κ1) is 14.6. The largest absolute Gasteiger partial charge is 0.424 e. The maximum absolute atomic E-state index is 12.6. The summed E-state index contributed by atoms with van der Waals surface area (Å²) >= 11 is 0. The van der Waals surface area contributed by atoms with Gasteiger partial charge in [-0.25, -0.2) is 8.42 Å². The minimum atomic E-state index is -3.66. The lowest BCUT2D eigenvalue weighted by Gasteiger charge is -2.03. The van der Waals surface area contributed by atoms with Gasteiger partial charge in [-0.05, 0) is 25.5 Å². The molecule has 0 aliphatic rings. The van der Waals surface area contributed by atoms with Crippen LogP contribution in [0.25, 0.3) is 0 Å². The molecule has 0 atom stereocenters. The Hall–Kier alpha value is -1.82. The predicted octanol–water partition coefficient (Wildman–Crippen LogP) is 2.81. The summed E-state index contributed by atoms with van der Waals surface area (Å²) in [5.41, 5.74) is 1.00. The molecule has 0 spiro atoms.